The van der Waals surface area contributed by atoms with Gasteiger partial charge in [0, 0.05) is 0 Å². The Labute approximate surface area is 145 Å². The molecule has 1 aliphatic rings. The van der Waals surface area contributed by atoms with Crippen molar-refractivity contribution in [2.24, 2.45) is 0 Å². The van der Waals surface area contributed by atoms with Gasteiger partial charge in [0.15, 0.2) is 6.10 Å². The van der Waals surface area contributed by atoms with Crippen LogP contribution in [-0.2, 0) is 9.59 Å². The van der Waals surface area contributed by atoms with Gasteiger partial charge in [-0.1, -0.05) is 42.8 Å². The van der Waals surface area contributed by atoms with Crippen LogP contribution in [0.1, 0.15) is 13.3 Å². The van der Waals surface area contributed by atoms with Gasteiger partial charge in [-0.15, -0.1) is 0 Å². The molecule has 24 heavy (non-hydrogen) atoms. The zero-order valence-electron chi connectivity index (χ0n) is 13.2. The van der Waals surface area contributed by atoms with E-state index in [4.69, 9.17) is 16.3 Å². The number of halogens is 1. The Balaban J connectivity index is 1.87. The van der Waals surface area contributed by atoms with Crippen LogP contribution in [0, 0.1) is 0 Å². The molecule has 1 N–H and O–H groups in total. The minimum atomic E-state index is -0.719. The van der Waals surface area contributed by atoms with E-state index >= 15 is 0 Å². The van der Waals surface area contributed by atoms with Crippen LogP contribution < -0.4 is 15.0 Å². The summed E-state index contributed by atoms with van der Waals surface area (Å²) in [5.74, 6) is -0.0384. The maximum atomic E-state index is 12.9. The Morgan fingerprint density at radius 1 is 1.25 bits per heavy atom. The number of hydrogen-bond donors (Lipinski definition) is 1. The average Bonchev–Trinajstić information content (AvgIpc) is 2.59. The van der Waals surface area contributed by atoms with E-state index in [1.165, 1.54) is 4.90 Å². The molecule has 0 spiro atoms. The number of carbonyl (C=O) groups excluding carboxylic acids is 2. The molecule has 0 saturated heterocycles. The summed E-state index contributed by atoms with van der Waals surface area (Å²) in [6.07, 6.45) is -0.256. The van der Waals surface area contributed by atoms with E-state index in [-0.39, 0.29) is 18.4 Å². The van der Waals surface area contributed by atoms with E-state index in [0.29, 0.717) is 28.6 Å². The van der Waals surface area contributed by atoms with Crippen molar-refractivity contribution < 1.29 is 14.3 Å². The number of carbonyl (C=O) groups is 2. The van der Waals surface area contributed by atoms with E-state index in [1.54, 1.807) is 36.4 Å². The lowest BCUT2D eigenvalue weighted by atomic mass is 10.1. The molecule has 0 radical (unpaired) electrons. The summed E-state index contributed by atoms with van der Waals surface area (Å²) < 4.78 is 5.80. The summed E-state index contributed by atoms with van der Waals surface area (Å²) in [4.78, 5) is 26.3. The van der Waals surface area contributed by atoms with E-state index in [9.17, 15) is 9.59 Å². The number of hydrogen-bond acceptors (Lipinski definition) is 3. The monoisotopic (exact) mass is 344 g/mol. The highest BCUT2D eigenvalue weighted by molar-refractivity contribution is 6.32. The molecule has 0 aromatic heterocycles. The number of nitrogens with zero attached hydrogens (tertiary/aromatic N) is 1. The smallest absolute Gasteiger partial charge is 0.268 e. The van der Waals surface area contributed by atoms with E-state index in [0.717, 1.165) is 0 Å². The van der Waals surface area contributed by atoms with Gasteiger partial charge in [0.1, 0.15) is 12.3 Å². The van der Waals surface area contributed by atoms with Crippen molar-refractivity contribution in [3.8, 4) is 5.75 Å². The molecule has 1 heterocycles. The Kier molecular flexibility index (Phi) is 4.71. The molecule has 0 fully saturated rings. The van der Waals surface area contributed by atoms with Crippen LogP contribution >= 0.6 is 11.6 Å². The highest BCUT2D eigenvalue weighted by Gasteiger charge is 2.32. The summed E-state index contributed by atoms with van der Waals surface area (Å²) in [6, 6.07) is 14.2. The topological polar surface area (TPSA) is 58.6 Å². The zero-order valence-corrected chi connectivity index (χ0v) is 13.9. The Bertz CT molecular complexity index is 778. The molecule has 124 valence electrons. The predicted octanol–water partition coefficient (Wildman–Crippen LogP) is 3.48. The predicted molar refractivity (Wildman–Crippen MR) is 93.6 cm³/mol. The quantitative estimate of drug-likeness (QED) is 0.923. The van der Waals surface area contributed by atoms with Crippen LogP contribution in [0.2, 0.25) is 5.02 Å². The van der Waals surface area contributed by atoms with Gasteiger partial charge >= 0.3 is 0 Å². The van der Waals surface area contributed by atoms with Gasteiger partial charge in [0.05, 0.1) is 16.4 Å². The number of para-hydroxylation sites is 3. The lowest BCUT2D eigenvalue weighted by molar-refractivity contribution is -0.127. The first-order valence-electron chi connectivity index (χ1n) is 7.71. The third-order valence-electron chi connectivity index (χ3n) is 3.79. The van der Waals surface area contributed by atoms with Crippen LogP contribution in [0.4, 0.5) is 11.4 Å². The molecule has 1 unspecified atom stereocenters. The Hall–Kier alpha value is -2.53. The third-order valence-corrected chi connectivity index (χ3v) is 4.10. The highest BCUT2D eigenvalue weighted by Crippen LogP contribution is 2.31. The summed E-state index contributed by atoms with van der Waals surface area (Å²) in [5.41, 5.74) is 1.29. The van der Waals surface area contributed by atoms with Crippen LogP contribution in [-0.4, -0.2) is 24.5 Å². The van der Waals surface area contributed by atoms with Crippen molar-refractivity contribution in [1.82, 2.24) is 0 Å². The summed E-state index contributed by atoms with van der Waals surface area (Å²) in [7, 11) is 0. The molecular weight excluding hydrogens is 328 g/mol. The molecule has 1 aliphatic heterocycles. The number of anilines is 2. The molecule has 2 aromatic rings. The van der Waals surface area contributed by atoms with Crippen molar-refractivity contribution >= 4 is 34.8 Å². The first-order valence-corrected chi connectivity index (χ1v) is 8.09. The summed E-state index contributed by atoms with van der Waals surface area (Å²) >= 11 is 6.11. The molecule has 5 nitrogen and oxygen atoms in total. The first kappa shape index (κ1) is 16.3. The van der Waals surface area contributed by atoms with Gasteiger partial charge in [0.25, 0.3) is 5.91 Å². The lowest BCUT2D eigenvalue weighted by Crippen LogP contribution is -2.48. The van der Waals surface area contributed by atoms with Crippen molar-refractivity contribution in [3.63, 3.8) is 0 Å². The molecule has 0 bridgehead atoms. The van der Waals surface area contributed by atoms with Crippen molar-refractivity contribution in [1.29, 1.82) is 0 Å². The Morgan fingerprint density at radius 3 is 2.71 bits per heavy atom. The van der Waals surface area contributed by atoms with Crippen molar-refractivity contribution in [2.75, 3.05) is 16.8 Å². The largest absolute Gasteiger partial charge is 0.479 e. The summed E-state index contributed by atoms with van der Waals surface area (Å²) in [6.45, 7) is 1.83. The second-order valence-corrected chi connectivity index (χ2v) is 5.84. The SMILES string of the molecule is CCC(Oc1ccccc1Cl)C(=O)N1CC(=O)Nc2ccccc21. The fraction of sp³-hybridized carbons (Fsp3) is 0.222. The standard InChI is InChI=1S/C18H17ClN2O3/c1-2-15(24-16-10-6-3-7-12(16)19)18(23)21-11-17(22)20-13-8-4-5-9-14(13)21/h3-10,15H,2,11H2,1H3,(H,20,22). The lowest BCUT2D eigenvalue weighted by Gasteiger charge is -2.31. The number of benzene rings is 2. The molecule has 2 aromatic carbocycles. The van der Waals surface area contributed by atoms with E-state index < -0.39 is 6.10 Å². The molecule has 0 saturated carbocycles. The molecule has 2 amide bonds. The first-order chi connectivity index (χ1) is 11.6. The Morgan fingerprint density at radius 2 is 1.96 bits per heavy atom. The van der Waals surface area contributed by atoms with Gasteiger partial charge in [-0.3, -0.25) is 14.5 Å². The highest BCUT2D eigenvalue weighted by atomic mass is 35.5. The number of fused-ring (bicyclic) bond motifs is 1. The van der Waals surface area contributed by atoms with Gasteiger partial charge < -0.3 is 10.1 Å². The van der Waals surface area contributed by atoms with Crippen LogP contribution in [0.25, 0.3) is 0 Å². The maximum absolute atomic E-state index is 12.9. The molecule has 0 aliphatic carbocycles. The number of rotatable bonds is 4. The van der Waals surface area contributed by atoms with Crippen LogP contribution in [0.15, 0.2) is 48.5 Å². The van der Waals surface area contributed by atoms with E-state index in [2.05, 4.69) is 5.32 Å². The number of ether oxygens (including phenoxy) is 1. The molecule has 1 atom stereocenters. The van der Waals surface area contributed by atoms with Crippen molar-refractivity contribution in [3.05, 3.63) is 53.6 Å². The second-order valence-electron chi connectivity index (χ2n) is 5.43. The fourth-order valence-corrected chi connectivity index (χ4v) is 2.79. The fourth-order valence-electron chi connectivity index (χ4n) is 2.61. The third kappa shape index (κ3) is 3.21. The van der Waals surface area contributed by atoms with Gasteiger partial charge in [-0.05, 0) is 30.7 Å². The van der Waals surface area contributed by atoms with Gasteiger partial charge in [0.2, 0.25) is 5.91 Å². The number of amides is 2. The number of nitrogens with one attached hydrogen (secondary N) is 1. The molecular formula is C18H17ClN2O3. The van der Waals surface area contributed by atoms with Gasteiger partial charge in [-0.2, -0.15) is 0 Å². The van der Waals surface area contributed by atoms with Gasteiger partial charge in [-0.25, -0.2) is 0 Å². The minimum Gasteiger partial charge on any atom is -0.479 e. The molecule has 6 heteroatoms. The van der Waals surface area contributed by atoms with Crippen LogP contribution in [0.3, 0.4) is 0 Å². The molecule has 3 rings (SSSR count). The second kappa shape index (κ2) is 6.93. The minimum absolute atomic E-state index is 0.0295. The zero-order chi connectivity index (χ0) is 17.1. The summed E-state index contributed by atoms with van der Waals surface area (Å²) in [5, 5.41) is 3.21. The maximum Gasteiger partial charge on any atom is 0.268 e. The van der Waals surface area contributed by atoms with Crippen molar-refractivity contribution in [2.45, 2.75) is 19.4 Å². The average molecular weight is 345 g/mol. The van der Waals surface area contributed by atoms with Crippen LogP contribution in [0.5, 0.6) is 5.75 Å². The normalized spacial score (nSPS) is 14.6. The van der Waals surface area contributed by atoms with E-state index in [1.807, 2.05) is 19.1 Å².